The largest absolute Gasteiger partial charge is 0.482 e. The number of carbonyl (C=O) groups is 1. The van der Waals surface area contributed by atoms with Crippen molar-refractivity contribution >= 4 is 29.2 Å². The second kappa shape index (κ2) is 10.1. The molecule has 0 aliphatic carbocycles. The molecule has 6 nitrogen and oxygen atoms in total. The van der Waals surface area contributed by atoms with Gasteiger partial charge in [-0.25, -0.2) is 4.79 Å². The summed E-state index contributed by atoms with van der Waals surface area (Å²) in [5.74, 6) is 0.0896. The molecular formula is C26H20Cl2N2O4. The maximum atomic E-state index is 12.3. The zero-order valence-electron chi connectivity index (χ0n) is 18.2. The SMILES string of the molecule is CCc1ccc(OCC(=O)Oc2ccc3c(c2)OC(N)=C(C#N)C3c2ccc(Cl)c(Cl)c2)cc1. The van der Waals surface area contributed by atoms with E-state index in [1.165, 1.54) is 5.56 Å². The predicted octanol–water partition coefficient (Wildman–Crippen LogP) is 5.76. The third-order valence-corrected chi connectivity index (χ3v) is 6.13. The quantitative estimate of drug-likeness (QED) is 0.345. The van der Waals surface area contributed by atoms with Gasteiger partial charge in [0.2, 0.25) is 5.88 Å². The van der Waals surface area contributed by atoms with Gasteiger partial charge in [-0.3, -0.25) is 0 Å². The van der Waals surface area contributed by atoms with Crippen LogP contribution in [0.2, 0.25) is 10.0 Å². The van der Waals surface area contributed by atoms with Gasteiger partial charge in [-0.05, 0) is 47.9 Å². The van der Waals surface area contributed by atoms with Gasteiger partial charge in [-0.2, -0.15) is 5.26 Å². The van der Waals surface area contributed by atoms with Crippen molar-refractivity contribution in [1.82, 2.24) is 0 Å². The van der Waals surface area contributed by atoms with Crippen LogP contribution in [0.15, 0.2) is 72.1 Å². The minimum absolute atomic E-state index is 0.0339. The maximum absolute atomic E-state index is 12.3. The van der Waals surface area contributed by atoms with Crippen molar-refractivity contribution in [3.8, 4) is 23.3 Å². The van der Waals surface area contributed by atoms with Crippen molar-refractivity contribution in [3.63, 3.8) is 0 Å². The van der Waals surface area contributed by atoms with Crippen molar-refractivity contribution in [2.24, 2.45) is 5.73 Å². The number of nitrogens with zero attached hydrogens (tertiary/aromatic N) is 1. The number of halogens is 2. The molecule has 0 fully saturated rings. The summed E-state index contributed by atoms with van der Waals surface area (Å²) in [5.41, 5.74) is 8.86. The maximum Gasteiger partial charge on any atom is 0.349 e. The van der Waals surface area contributed by atoms with Crippen LogP contribution in [0.5, 0.6) is 17.2 Å². The van der Waals surface area contributed by atoms with E-state index in [0.29, 0.717) is 27.1 Å². The number of fused-ring (bicyclic) bond motifs is 1. The van der Waals surface area contributed by atoms with E-state index in [0.717, 1.165) is 12.0 Å². The Balaban J connectivity index is 1.53. The minimum Gasteiger partial charge on any atom is -0.482 e. The number of allylic oxidation sites excluding steroid dienone is 1. The van der Waals surface area contributed by atoms with E-state index in [9.17, 15) is 10.1 Å². The summed E-state index contributed by atoms with van der Waals surface area (Å²) in [7, 11) is 0. The second-order valence-corrected chi connectivity index (χ2v) is 8.37. The normalized spacial score (nSPS) is 14.6. The smallest absolute Gasteiger partial charge is 0.349 e. The van der Waals surface area contributed by atoms with E-state index in [2.05, 4.69) is 13.0 Å². The Labute approximate surface area is 207 Å². The van der Waals surface area contributed by atoms with E-state index in [-0.39, 0.29) is 23.8 Å². The Morgan fingerprint density at radius 3 is 2.47 bits per heavy atom. The van der Waals surface area contributed by atoms with Gasteiger partial charge in [-0.15, -0.1) is 0 Å². The van der Waals surface area contributed by atoms with Gasteiger partial charge in [0, 0.05) is 11.6 Å². The van der Waals surface area contributed by atoms with Crippen LogP contribution in [-0.4, -0.2) is 12.6 Å². The molecule has 1 atom stereocenters. The molecule has 8 heteroatoms. The van der Waals surface area contributed by atoms with Gasteiger partial charge in [-0.1, -0.05) is 54.4 Å². The first-order valence-electron chi connectivity index (χ1n) is 10.5. The van der Waals surface area contributed by atoms with Gasteiger partial charge >= 0.3 is 5.97 Å². The molecule has 0 bridgehead atoms. The molecule has 3 aromatic rings. The van der Waals surface area contributed by atoms with Crippen molar-refractivity contribution < 1.29 is 19.0 Å². The molecule has 1 aliphatic rings. The predicted molar refractivity (Wildman–Crippen MR) is 129 cm³/mol. The lowest BCUT2D eigenvalue weighted by molar-refractivity contribution is -0.136. The highest BCUT2D eigenvalue weighted by Gasteiger charge is 2.31. The first kappa shape index (κ1) is 23.5. The minimum atomic E-state index is -0.572. The molecule has 0 saturated carbocycles. The van der Waals surface area contributed by atoms with Gasteiger partial charge in [0.15, 0.2) is 6.61 Å². The lowest BCUT2D eigenvalue weighted by atomic mass is 9.83. The molecule has 3 aromatic carbocycles. The highest BCUT2D eigenvalue weighted by molar-refractivity contribution is 6.42. The van der Waals surface area contributed by atoms with E-state index in [4.69, 9.17) is 43.1 Å². The van der Waals surface area contributed by atoms with E-state index >= 15 is 0 Å². The molecule has 0 aromatic heterocycles. The summed E-state index contributed by atoms with van der Waals surface area (Å²) in [4.78, 5) is 12.3. The number of aryl methyl sites for hydroxylation is 1. The second-order valence-electron chi connectivity index (χ2n) is 7.56. The Bertz CT molecular complexity index is 1310. The Kier molecular flexibility index (Phi) is 6.97. The summed E-state index contributed by atoms with van der Waals surface area (Å²) in [6.45, 7) is 1.81. The topological polar surface area (TPSA) is 94.6 Å². The molecule has 0 radical (unpaired) electrons. The van der Waals surface area contributed by atoms with Crippen LogP contribution in [0.3, 0.4) is 0 Å². The molecule has 2 N–H and O–H groups in total. The average molecular weight is 495 g/mol. The van der Waals surface area contributed by atoms with E-state index in [1.807, 2.05) is 24.3 Å². The molecular weight excluding hydrogens is 475 g/mol. The van der Waals surface area contributed by atoms with Crippen LogP contribution >= 0.6 is 23.2 Å². The van der Waals surface area contributed by atoms with Crippen LogP contribution in [0.1, 0.15) is 29.5 Å². The highest BCUT2D eigenvalue weighted by Crippen LogP contribution is 2.44. The zero-order valence-corrected chi connectivity index (χ0v) is 19.7. The lowest BCUT2D eigenvalue weighted by Gasteiger charge is -2.27. The number of benzene rings is 3. The molecule has 0 amide bonds. The number of nitrogens with two attached hydrogens (primary N) is 1. The van der Waals surface area contributed by atoms with Gasteiger partial charge < -0.3 is 19.9 Å². The van der Waals surface area contributed by atoms with E-state index in [1.54, 1.807) is 36.4 Å². The van der Waals surface area contributed by atoms with Crippen molar-refractivity contribution in [1.29, 1.82) is 5.26 Å². The van der Waals surface area contributed by atoms with Crippen LogP contribution in [0.25, 0.3) is 0 Å². The molecule has 1 unspecified atom stereocenters. The van der Waals surface area contributed by atoms with Crippen LogP contribution in [-0.2, 0) is 11.2 Å². The number of ether oxygens (including phenoxy) is 3. The third kappa shape index (κ3) is 4.96. The fourth-order valence-electron chi connectivity index (χ4n) is 3.66. The Morgan fingerprint density at radius 1 is 1.06 bits per heavy atom. The zero-order chi connectivity index (χ0) is 24.2. The molecule has 0 spiro atoms. The lowest BCUT2D eigenvalue weighted by Crippen LogP contribution is -2.21. The number of esters is 1. The summed E-state index contributed by atoms with van der Waals surface area (Å²) in [5, 5.41) is 10.4. The number of carbonyl (C=O) groups excluding carboxylic acids is 1. The number of hydrogen-bond acceptors (Lipinski definition) is 6. The fraction of sp³-hybridized carbons (Fsp3) is 0.154. The van der Waals surface area contributed by atoms with Crippen molar-refractivity contribution in [2.75, 3.05) is 6.61 Å². The van der Waals surface area contributed by atoms with Crippen LogP contribution in [0, 0.1) is 11.3 Å². The molecule has 4 rings (SSSR count). The number of hydrogen-bond donors (Lipinski definition) is 1. The Hall–Kier alpha value is -3.66. The van der Waals surface area contributed by atoms with Crippen LogP contribution in [0.4, 0.5) is 0 Å². The standard InChI is InChI=1S/C26H20Cl2N2O4/c1-2-15-3-6-17(7-4-15)32-14-24(31)33-18-8-9-19-23(12-18)34-26(30)20(13-29)25(19)16-5-10-21(27)22(28)11-16/h3-12,25H,2,14,30H2,1H3. The summed E-state index contributed by atoms with van der Waals surface area (Å²) in [6, 6.07) is 19.6. The van der Waals surface area contributed by atoms with Crippen LogP contribution < -0.4 is 19.9 Å². The van der Waals surface area contributed by atoms with Crippen molar-refractivity contribution in [3.05, 3.63) is 98.9 Å². The molecule has 34 heavy (non-hydrogen) atoms. The summed E-state index contributed by atoms with van der Waals surface area (Å²) >= 11 is 12.2. The molecule has 1 heterocycles. The summed E-state index contributed by atoms with van der Waals surface area (Å²) in [6.07, 6.45) is 0.921. The molecule has 172 valence electrons. The first-order valence-corrected chi connectivity index (χ1v) is 11.2. The first-order chi connectivity index (χ1) is 16.4. The van der Waals surface area contributed by atoms with Gasteiger partial charge in [0.1, 0.15) is 28.9 Å². The van der Waals surface area contributed by atoms with Gasteiger partial charge in [0.05, 0.1) is 16.0 Å². The highest BCUT2D eigenvalue weighted by atomic mass is 35.5. The fourth-order valence-corrected chi connectivity index (χ4v) is 3.97. The van der Waals surface area contributed by atoms with E-state index < -0.39 is 11.9 Å². The number of nitriles is 1. The molecule has 1 aliphatic heterocycles. The molecule has 0 saturated heterocycles. The third-order valence-electron chi connectivity index (χ3n) is 5.39. The average Bonchev–Trinajstić information content (AvgIpc) is 2.84. The van der Waals surface area contributed by atoms with Gasteiger partial charge in [0.25, 0.3) is 0 Å². The number of rotatable bonds is 6. The monoisotopic (exact) mass is 494 g/mol. The van der Waals surface area contributed by atoms with Crippen molar-refractivity contribution in [2.45, 2.75) is 19.3 Å². The Morgan fingerprint density at radius 2 is 1.79 bits per heavy atom. The summed E-state index contributed by atoms with van der Waals surface area (Å²) < 4.78 is 16.6.